The maximum absolute atomic E-state index is 12.0. The molecule has 22 heavy (non-hydrogen) atoms. The van der Waals surface area contributed by atoms with Crippen LogP contribution in [0.15, 0.2) is 43.3 Å². The number of carbonyl (C=O) groups excluding carboxylic acids is 1. The summed E-state index contributed by atoms with van der Waals surface area (Å²) >= 11 is 6.53. The van der Waals surface area contributed by atoms with E-state index in [0.29, 0.717) is 10.1 Å². The molecule has 0 aliphatic carbocycles. The van der Waals surface area contributed by atoms with E-state index in [4.69, 9.17) is 0 Å². The molecule has 0 unspecified atom stereocenters. The number of thiophene rings is 1. The number of aryl methyl sites for hydroxylation is 2. The molecule has 6 heteroatoms. The van der Waals surface area contributed by atoms with Gasteiger partial charge in [-0.05, 0) is 77.3 Å². The Hall–Kier alpha value is -1.37. The number of thioether (sulfide) groups is 1. The van der Waals surface area contributed by atoms with Crippen LogP contribution >= 0.6 is 39.0 Å². The van der Waals surface area contributed by atoms with E-state index >= 15 is 0 Å². The standard InChI is InChI=1S/C16H13BrN2OS2/c1-9-5-12(6-10(2)14(9)17)18-16-19-15(20)13(22-16)7-11-3-4-21-8-11/h3-8H,1-2H3,(H,18,19,20)/b13-7-. The molecular formula is C16H13BrN2OS2. The topological polar surface area (TPSA) is 41.5 Å². The molecule has 1 N–H and O–H groups in total. The lowest BCUT2D eigenvalue weighted by molar-refractivity contribution is -0.115. The van der Waals surface area contributed by atoms with Crippen molar-refractivity contribution in [3.63, 3.8) is 0 Å². The number of hydrogen-bond acceptors (Lipinski definition) is 4. The monoisotopic (exact) mass is 392 g/mol. The summed E-state index contributed by atoms with van der Waals surface area (Å²) in [4.78, 5) is 17.2. The van der Waals surface area contributed by atoms with Crippen LogP contribution in [0.5, 0.6) is 0 Å². The van der Waals surface area contributed by atoms with E-state index in [-0.39, 0.29) is 5.91 Å². The van der Waals surface area contributed by atoms with Gasteiger partial charge in [0.25, 0.3) is 5.91 Å². The van der Waals surface area contributed by atoms with Crippen molar-refractivity contribution < 1.29 is 4.79 Å². The largest absolute Gasteiger partial charge is 0.300 e. The van der Waals surface area contributed by atoms with Crippen LogP contribution < -0.4 is 5.32 Å². The molecule has 0 saturated carbocycles. The molecule has 0 spiro atoms. The highest BCUT2D eigenvalue weighted by Crippen LogP contribution is 2.31. The lowest BCUT2D eigenvalue weighted by Crippen LogP contribution is -2.19. The molecule has 2 aromatic rings. The molecule has 2 heterocycles. The number of nitrogens with one attached hydrogen (secondary N) is 1. The van der Waals surface area contributed by atoms with Gasteiger partial charge in [0.05, 0.1) is 10.6 Å². The minimum Gasteiger partial charge on any atom is -0.300 e. The molecule has 0 radical (unpaired) electrons. The van der Waals surface area contributed by atoms with Crippen molar-refractivity contribution in [2.75, 3.05) is 0 Å². The number of rotatable bonds is 2. The molecule has 1 aromatic heterocycles. The van der Waals surface area contributed by atoms with Crippen LogP contribution in [0.4, 0.5) is 5.69 Å². The molecule has 0 atom stereocenters. The normalized spacial score (nSPS) is 18.2. The first-order chi connectivity index (χ1) is 10.5. The van der Waals surface area contributed by atoms with E-state index in [1.54, 1.807) is 11.3 Å². The molecule has 1 aromatic carbocycles. The second-order valence-electron chi connectivity index (χ2n) is 4.93. The molecule has 1 amide bonds. The van der Waals surface area contributed by atoms with E-state index in [2.05, 4.69) is 26.2 Å². The fraction of sp³-hybridized carbons (Fsp3) is 0.125. The lowest BCUT2D eigenvalue weighted by Gasteiger charge is -2.04. The van der Waals surface area contributed by atoms with Gasteiger partial charge >= 0.3 is 0 Å². The summed E-state index contributed by atoms with van der Waals surface area (Å²) in [6, 6.07) is 5.98. The highest BCUT2D eigenvalue weighted by Gasteiger charge is 2.23. The predicted octanol–water partition coefficient (Wildman–Crippen LogP) is 5.02. The average Bonchev–Trinajstić information content (AvgIpc) is 3.07. The van der Waals surface area contributed by atoms with Crippen molar-refractivity contribution >= 4 is 61.9 Å². The zero-order chi connectivity index (χ0) is 15.7. The summed E-state index contributed by atoms with van der Waals surface area (Å²) in [5, 5.41) is 7.44. The first kappa shape index (κ1) is 15.5. The summed E-state index contributed by atoms with van der Waals surface area (Å²) in [5.41, 5.74) is 4.14. The number of aliphatic imine (C=N–C) groups is 1. The molecule has 1 aliphatic rings. The average molecular weight is 393 g/mol. The Morgan fingerprint density at radius 3 is 2.64 bits per heavy atom. The quantitative estimate of drug-likeness (QED) is 0.728. The minimum absolute atomic E-state index is 0.0968. The van der Waals surface area contributed by atoms with Gasteiger partial charge in [0.1, 0.15) is 0 Å². The predicted molar refractivity (Wildman–Crippen MR) is 98.7 cm³/mol. The Morgan fingerprint density at radius 2 is 2.00 bits per heavy atom. The molecular weight excluding hydrogens is 380 g/mol. The smallest absolute Gasteiger partial charge is 0.264 e. The van der Waals surface area contributed by atoms with E-state index in [9.17, 15) is 4.79 Å². The van der Waals surface area contributed by atoms with Crippen molar-refractivity contribution in [2.45, 2.75) is 13.8 Å². The van der Waals surface area contributed by atoms with Crippen LogP contribution in [-0.2, 0) is 4.79 Å². The van der Waals surface area contributed by atoms with Gasteiger partial charge in [-0.25, -0.2) is 4.99 Å². The molecule has 0 bridgehead atoms. The third kappa shape index (κ3) is 3.34. The van der Waals surface area contributed by atoms with E-state index in [0.717, 1.165) is 26.9 Å². The highest BCUT2D eigenvalue weighted by atomic mass is 79.9. The zero-order valence-electron chi connectivity index (χ0n) is 12.0. The Kier molecular flexibility index (Phi) is 4.52. The van der Waals surface area contributed by atoms with Crippen molar-refractivity contribution in [3.8, 4) is 0 Å². The van der Waals surface area contributed by atoms with Gasteiger partial charge in [0.15, 0.2) is 5.17 Å². The van der Waals surface area contributed by atoms with Gasteiger partial charge in [-0.3, -0.25) is 4.79 Å². The molecule has 1 aliphatic heterocycles. The molecule has 112 valence electrons. The maximum Gasteiger partial charge on any atom is 0.264 e. The SMILES string of the molecule is Cc1cc(N=C2NC(=O)/C(=C/c3ccsc3)S2)cc(C)c1Br. The van der Waals surface area contributed by atoms with Crippen molar-refractivity contribution in [1.82, 2.24) is 5.32 Å². The fourth-order valence-corrected chi connectivity index (χ4v) is 3.78. The number of nitrogens with zero attached hydrogens (tertiary/aromatic N) is 1. The van der Waals surface area contributed by atoms with Gasteiger partial charge in [0.2, 0.25) is 0 Å². The van der Waals surface area contributed by atoms with Gasteiger partial charge in [-0.1, -0.05) is 15.9 Å². The fourth-order valence-electron chi connectivity index (χ4n) is 2.09. The van der Waals surface area contributed by atoms with Gasteiger partial charge < -0.3 is 5.32 Å². The highest BCUT2D eigenvalue weighted by molar-refractivity contribution is 9.10. The van der Waals surface area contributed by atoms with E-state index < -0.39 is 0 Å². The van der Waals surface area contributed by atoms with Crippen molar-refractivity contribution in [2.24, 2.45) is 4.99 Å². The van der Waals surface area contributed by atoms with Crippen LogP contribution in [-0.4, -0.2) is 11.1 Å². The van der Waals surface area contributed by atoms with Gasteiger partial charge in [-0.2, -0.15) is 11.3 Å². The summed E-state index contributed by atoms with van der Waals surface area (Å²) in [5.74, 6) is -0.0968. The number of benzene rings is 1. The first-order valence-electron chi connectivity index (χ1n) is 6.61. The maximum atomic E-state index is 12.0. The Balaban J connectivity index is 1.87. The number of halogens is 1. The minimum atomic E-state index is -0.0968. The number of hydrogen-bond donors (Lipinski definition) is 1. The van der Waals surface area contributed by atoms with E-state index in [1.165, 1.54) is 11.8 Å². The van der Waals surface area contributed by atoms with Gasteiger partial charge in [-0.15, -0.1) is 0 Å². The molecule has 1 fully saturated rings. The summed E-state index contributed by atoms with van der Waals surface area (Å²) in [6.45, 7) is 4.06. The Bertz CT molecular complexity index is 771. The second-order valence-corrected chi connectivity index (χ2v) is 7.54. The third-order valence-electron chi connectivity index (χ3n) is 3.14. The van der Waals surface area contributed by atoms with Crippen LogP contribution in [0.2, 0.25) is 0 Å². The molecule has 3 nitrogen and oxygen atoms in total. The summed E-state index contributed by atoms with van der Waals surface area (Å²) in [7, 11) is 0. The van der Waals surface area contributed by atoms with Crippen molar-refractivity contribution in [3.05, 3.63) is 55.0 Å². The first-order valence-corrected chi connectivity index (χ1v) is 9.17. The van der Waals surface area contributed by atoms with Crippen LogP contribution in [0, 0.1) is 13.8 Å². The lowest BCUT2D eigenvalue weighted by atomic mass is 10.1. The third-order valence-corrected chi connectivity index (χ3v) is 6.01. The molecule has 1 saturated heterocycles. The van der Waals surface area contributed by atoms with Crippen LogP contribution in [0.25, 0.3) is 6.08 Å². The Morgan fingerprint density at radius 1 is 1.27 bits per heavy atom. The summed E-state index contributed by atoms with van der Waals surface area (Å²) in [6.07, 6.45) is 1.89. The molecule has 3 rings (SSSR count). The number of amidine groups is 1. The van der Waals surface area contributed by atoms with Gasteiger partial charge in [0, 0.05) is 4.47 Å². The second kappa shape index (κ2) is 6.40. The zero-order valence-corrected chi connectivity index (χ0v) is 15.2. The van der Waals surface area contributed by atoms with Crippen molar-refractivity contribution in [1.29, 1.82) is 0 Å². The van der Waals surface area contributed by atoms with Crippen LogP contribution in [0.1, 0.15) is 16.7 Å². The Labute approximate surface area is 145 Å². The van der Waals surface area contributed by atoms with Crippen LogP contribution in [0.3, 0.4) is 0 Å². The number of amides is 1. The van der Waals surface area contributed by atoms with E-state index in [1.807, 2.05) is 48.9 Å². The number of carbonyl (C=O) groups is 1. The summed E-state index contributed by atoms with van der Waals surface area (Å²) < 4.78 is 1.10.